The van der Waals surface area contributed by atoms with Crippen LogP contribution in [-0.2, 0) is 13.1 Å². The normalized spacial score (nSPS) is 16.4. The first-order chi connectivity index (χ1) is 13.8. The standard InChI is InChI=1S/C23H28N4O/c1-24-23(25-16-21-15-19-9-5-6-10-22(19)28-21)26-20-11-13-27(14-12-20)17-18-7-3-2-4-8-18/h2-10,15,20H,11-14,16-17H2,1H3,(H2,24,25,26). The summed E-state index contributed by atoms with van der Waals surface area (Å²) in [4.78, 5) is 6.90. The van der Waals surface area contributed by atoms with Crippen LogP contribution < -0.4 is 10.6 Å². The number of likely N-dealkylation sites (tertiary alicyclic amines) is 1. The Bertz CT molecular complexity index is 878. The molecule has 1 aromatic heterocycles. The first-order valence-corrected chi connectivity index (χ1v) is 10.0. The maximum Gasteiger partial charge on any atom is 0.191 e. The fraction of sp³-hybridized carbons (Fsp3) is 0.348. The third-order valence-electron chi connectivity index (χ3n) is 5.31. The van der Waals surface area contributed by atoms with Gasteiger partial charge in [0.05, 0.1) is 6.54 Å². The second kappa shape index (κ2) is 8.93. The molecule has 0 amide bonds. The highest BCUT2D eigenvalue weighted by molar-refractivity contribution is 5.80. The quantitative estimate of drug-likeness (QED) is 0.526. The van der Waals surface area contributed by atoms with Crippen LogP contribution in [0.4, 0.5) is 0 Å². The van der Waals surface area contributed by atoms with E-state index in [1.54, 1.807) is 0 Å². The van der Waals surface area contributed by atoms with Crippen molar-refractivity contribution in [3.63, 3.8) is 0 Å². The molecule has 4 rings (SSSR count). The molecule has 0 spiro atoms. The lowest BCUT2D eigenvalue weighted by molar-refractivity contribution is 0.198. The number of guanidine groups is 1. The molecule has 146 valence electrons. The van der Waals surface area contributed by atoms with Gasteiger partial charge in [0.1, 0.15) is 11.3 Å². The summed E-state index contributed by atoms with van der Waals surface area (Å²) in [6.45, 7) is 3.87. The van der Waals surface area contributed by atoms with E-state index in [1.807, 2.05) is 25.2 Å². The van der Waals surface area contributed by atoms with Gasteiger partial charge in [0.15, 0.2) is 5.96 Å². The average molecular weight is 377 g/mol. The zero-order valence-electron chi connectivity index (χ0n) is 16.4. The number of aliphatic imine (C=N–C) groups is 1. The van der Waals surface area contributed by atoms with E-state index in [0.717, 1.165) is 55.2 Å². The van der Waals surface area contributed by atoms with Crippen LogP contribution in [0.1, 0.15) is 24.2 Å². The van der Waals surface area contributed by atoms with E-state index < -0.39 is 0 Å². The van der Waals surface area contributed by atoms with Crippen molar-refractivity contribution in [2.75, 3.05) is 20.1 Å². The van der Waals surface area contributed by atoms with Gasteiger partial charge in [0.25, 0.3) is 0 Å². The Morgan fingerprint density at radius 3 is 2.57 bits per heavy atom. The largest absolute Gasteiger partial charge is 0.459 e. The minimum absolute atomic E-state index is 0.453. The lowest BCUT2D eigenvalue weighted by Gasteiger charge is -2.33. The Morgan fingerprint density at radius 1 is 1.07 bits per heavy atom. The summed E-state index contributed by atoms with van der Waals surface area (Å²) in [5.74, 6) is 1.75. The van der Waals surface area contributed by atoms with Crippen molar-refractivity contribution in [3.05, 3.63) is 72.0 Å². The molecule has 5 nitrogen and oxygen atoms in total. The molecule has 0 unspecified atom stereocenters. The first kappa shape index (κ1) is 18.6. The highest BCUT2D eigenvalue weighted by Gasteiger charge is 2.20. The minimum atomic E-state index is 0.453. The summed E-state index contributed by atoms with van der Waals surface area (Å²) in [5.41, 5.74) is 2.31. The molecule has 1 fully saturated rings. The topological polar surface area (TPSA) is 52.8 Å². The fourth-order valence-electron chi connectivity index (χ4n) is 3.76. The molecule has 1 saturated heterocycles. The Balaban J connectivity index is 1.24. The maximum absolute atomic E-state index is 5.87. The zero-order chi connectivity index (χ0) is 19.2. The molecule has 0 atom stereocenters. The number of piperidine rings is 1. The Kier molecular flexibility index (Phi) is 5.92. The lowest BCUT2D eigenvalue weighted by atomic mass is 10.0. The van der Waals surface area contributed by atoms with Crippen molar-refractivity contribution in [2.24, 2.45) is 4.99 Å². The predicted molar refractivity (Wildman–Crippen MR) is 114 cm³/mol. The fourth-order valence-corrected chi connectivity index (χ4v) is 3.76. The molecule has 0 saturated carbocycles. The van der Waals surface area contributed by atoms with Gasteiger partial charge >= 0.3 is 0 Å². The molecular weight excluding hydrogens is 348 g/mol. The lowest BCUT2D eigenvalue weighted by Crippen LogP contribution is -2.48. The maximum atomic E-state index is 5.87. The second-order valence-corrected chi connectivity index (χ2v) is 7.36. The minimum Gasteiger partial charge on any atom is -0.459 e. The molecule has 1 aliphatic heterocycles. The van der Waals surface area contributed by atoms with Crippen molar-refractivity contribution in [1.29, 1.82) is 0 Å². The van der Waals surface area contributed by atoms with E-state index in [9.17, 15) is 0 Å². The van der Waals surface area contributed by atoms with Crippen LogP contribution in [0.2, 0.25) is 0 Å². The monoisotopic (exact) mass is 376 g/mol. The van der Waals surface area contributed by atoms with Crippen molar-refractivity contribution >= 4 is 16.9 Å². The van der Waals surface area contributed by atoms with Crippen molar-refractivity contribution in [1.82, 2.24) is 15.5 Å². The van der Waals surface area contributed by atoms with Gasteiger partial charge in [-0.2, -0.15) is 0 Å². The summed E-state index contributed by atoms with van der Waals surface area (Å²) in [6.07, 6.45) is 2.25. The number of furan rings is 1. The molecule has 0 radical (unpaired) electrons. The van der Waals surface area contributed by atoms with Gasteiger partial charge in [-0.25, -0.2) is 0 Å². The van der Waals surface area contributed by atoms with Gasteiger partial charge in [-0.1, -0.05) is 48.5 Å². The average Bonchev–Trinajstić information content (AvgIpc) is 3.16. The number of rotatable bonds is 5. The van der Waals surface area contributed by atoms with Crippen LogP contribution in [0.5, 0.6) is 0 Å². The number of hydrogen-bond donors (Lipinski definition) is 2. The van der Waals surface area contributed by atoms with Crippen LogP contribution in [-0.4, -0.2) is 37.0 Å². The third-order valence-corrected chi connectivity index (χ3v) is 5.31. The molecule has 2 N–H and O–H groups in total. The summed E-state index contributed by atoms with van der Waals surface area (Å²) >= 11 is 0. The van der Waals surface area contributed by atoms with Crippen molar-refractivity contribution < 1.29 is 4.42 Å². The van der Waals surface area contributed by atoms with E-state index >= 15 is 0 Å². The summed E-state index contributed by atoms with van der Waals surface area (Å²) in [7, 11) is 1.82. The van der Waals surface area contributed by atoms with E-state index in [4.69, 9.17) is 4.42 Å². The molecule has 1 aliphatic rings. The van der Waals surface area contributed by atoms with Crippen LogP contribution >= 0.6 is 0 Å². The predicted octanol–water partition coefficient (Wildman–Crippen LogP) is 3.76. The van der Waals surface area contributed by atoms with Crippen molar-refractivity contribution in [2.45, 2.75) is 32.0 Å². The SMILES string of the molecule is CN=C(NCc1cc2ccccc2o1)NC1CCN(Cc2ccccc2)CC1. The molecule has 28 heavy (non-hydrogen) atoms. The van der Waals surface area contributed by atoms with E-state index in [-0.39, 0.29) is 0 Å². The van der Waals surface area contributed by atoms with Crippen LogP contribution in [0.15, 0.2) is 70.1 Å². The molecule has 0 aliphatic carbocycles. The smallest absolute Gasteiger partial charge is 0.191 e. The number of hydrogen-bond acceptors (Lipinski definition) is 3. The molecule has 0 bridgehead atoms. The van der Waals surface area contributed by atoms with Gasteiger partial charge in [0, 0.05) is 38.1 Å². The summed E-state index contributed by atoms with van der Waals surface area (Å²) in [5, 5.41) is 8.07. The number of para-hydroxylation sites is 1. The van der Waals surface area contributed by atoms with Crippen LogP contribution in [0.25, 0.3) is 11.0 Å². The number of nitrogens with one attached hydrogen (secondary N) is 2. The van der Waals surface area contributed by atoms with E-state index in [2.05, 4.69) is 63.0 Å². The van der Waals surface area contributed by atoms with Crippen LogP contribution in [0, 0.1) is 0 Å². The molecule has 5 heteroatoms. The third kappa shape index (κ3) is 4.73. The number of nitrogens with zero attached hydrogens (tertiary/aromatic N) is 2. The van der Waals surface area contributed by atoms with Gasteiger partial charge in [0.2, 0.25) is 0 Å². The highest BCUT2D eigenvalue weighted by atomic mass is 16.3. The second-order valence-electron chi connectivity index (χ2n) is 7.36. The first-order valence-electron chi connectivity index (χ1n) is 10.0. The van der Waals surface area contributed by atoms with E-state index in [1.165, 1.54) is 5.56 Å². The Labute approximate surface area is 166 Å². The summed E-state index contributed by atoms with van der Waals surface area (Å²) < 4.78 is 5.87. The Hall–Kier alpha value is -2.79. The van der Waals surface area contributed by atoms with Crippen LogP contribution in [0.3, 0.4) is 0 Å². The molecule has 3 aromatic rings. The molecule has 2 aromatic carbocycles. The van der Waals surface area contributed by atoms with Gasteiger partial charge in [-0.15, -0.1) is 0 Å². The molecule has 2 heterocycles. The van der Waals surface area contributed by atoms with E-state index in [0.29, 0.717) is 12.6 Å². The Morgan fingerprint density at radius 2 is 1.82 bits per heavy atom. The number of fused-ring (bicyclic) bond motifs is 1. The highest BCUT2D eigenvalue weighted by Crippen LogP contribution is 2.18. The molecular formula is C23H28N4O. The zero-order valence-corrected chi connectivity index (χ0v) is 16.4. The van der Waals surface area contributed by atoms with Crippen molar-refractivity contribution in [3.8, 4) is 0 Å². The summed E-state index contributed by atoms with van der Waals surface area (Å²) in [6, 6.07) is 21.3. The van der Waals surface area contributed by atoms with Gasteiger partial charge in [-0.3, -0.25) is 9.89 Å². The number of benzene rings is 2. The van der Waals surface area contributed by atoms with Gasteiger partial charge < -0.3 is 15.1 Å². The van der Waals surface area contributed by atoms with Gasteiger partial charge in [-0.05, 0) is 30.5 Å².